The van der Waals surface area contributed by atoms with Gasteiger partial charge >= 0.3 is 0 Å². The molecule has 0 spiro atoms. The summed E-state index contributed by atoms with van der Waals surface area (Å²) in [5.41, 5.74) is 5.95. The van der Waals surface area contributed by atoms with Crippen molar-refractivity contribution in [2.24, 2.45) is 10.9 Å². The topological polar surface area (TPSA) is 137 Å². The Labute approximate surface area is 107 Å². The fourth-order valence-corrected chi connectivity index (χ4v) is 1.46. The van der Waals surface area contributed by atoms with Crippen LogP contribution in [0.2, 0.25) is 0 Å². The van der Waals surface area contributed by atoms with E-state index in [9.17, 15) is 9.90 Å². The number of aromatic amines is 1. The lowest BCUT2D eigenvalue weighted by Crippen LogP contribution is -2.18. The third kappa shape index (κ3) is 2.63. The van der Waals surface area contributed by atoms with Gasteiger partial charge in [0, 0.05) is 5.56 Å². The first kappa shape index (κ1) is 12.4. The molecule has 98 valence electrons. The van der Waals surface area contributed by atoms with Gasteiger partial charge in [-0.05, 0) is 18.2 Å². The average Bonchev–Trinajstić information content (AvgIpc) is 2.86. The Kier molecular flexibility index (Phi) is 3.33. The van der Waals surface area contributed by atoms with Gasteiger partial charge in [0.05, 0.1) is 11.8 Å². The van der Waals surface area contributed by atoms with Gasteiger partial charge in [-0.2, -0.15) is 5.10 Å². The van der Waals surface area contributed by atoms with Gasteiger partial charge in [-0.25, -0.2) is 0 Å². The van der Waals surface area contributed by atoms with Crippen LogP contribution in [0.25, 0.3) is 0 Å². The lowest BCUT2D eigenvalue weighted by molar-refractivity contribution is 0.102. The molecule has 1 aromatic carbocycles. The van der Waals surface area contributed by atoms with E-state index in [1.54, 1.807) is 6.07 Å². The molecule has 0 radical (unpaired) electrons. The number of H-pyrrole nitrogens is 1. The first-order chi connectivity index (χ1) is 9.11. The van der Waals surface area contributed by atoms with Gasteiger partial charge in [0.15, 0.2) is 5.84 Å². The fraction of sp³-hybridized carbons (Fsp3) is 0. The van der Waals surface area contributed by atoms with Crippen molar-refractivity contribution in [1.29, 1.82) is 0 Å². The van der Waals surface area contributed by atoms with Crippen LogP contribution in [0, 0.1) is 0 Å². The number of hydrogen-bond acceptors (Lipinski definition) is 5. The van der Waals surface area contributed by atoms with E-state index in [0.717, 1.165) is 0 Å². The molecule has 2 aromatic rings. The van der Waals surface area contributed by atoms with Gasteiger partial charge in [-0.3, -0.25) is 9.89 Å². The summed E-state index contributed by atoms with van der Waals surface area (Å²) in [4.78, 5) is 11.9. The highest BCUT2D eigenvalue weighted by atomic mass is 16.4. The number of benzene rings is 1. The van der Waals surface area contributed by atoms with E-state index in [4.69, 9.17) is 10.9 Å². The van der Waals surface area contributed by atoms with Crippen LogP contribution in [0.15, 0.2) is 35.6 Å². The molecule has 6 N–H and O–H groups in total. The first-order valence-corrected chi connectivity index (χ1v) is 5.23. The Morgan fingerprint density at radius 3 is 2.95 bits per heavy atom. The molecule has 0 bridgehead atoms. The van der Waals surface area contributed by atoms with E-state index >= 15 is 0 Å². The summed E-state index contributed by atoms with van der Waals surface area (Å²) < 4.78 is 0. The smallest absolute Gasteiger partial charge is 0.256 e. The average molecular weight is 261 g/mol. The lowest BCUT2D eigenvalue weighted by atomic mass is 10.2. The lowest BCUT2D eigenvalue weighted by Gasteiger charge is -2.05. The number of phenolic OH excluding ortho intramolecular Hbond substituents is 1. The van der Waals surface area contributed by atoms with Crippen molar-refractivity contribution in [2.75, 3.05) is 5.32 Å². The van der Waals surface area contributed by atoms with E-state index in [-0.39, 0.29) is 28.5 Å². The number of hydrogen-bond donors (Lipinski definition) is 5. The Hall–Kier alpha value is -3.03. The standard InChI is InChI=1S/C11H11N5O3/c12-9(16-19)8-5-13-15-10(8)14-11(18)6-2-1-3-7(17)4-6/h1-5,17,19H,(H2,12,16)(H2,13,14,15,18). The molecule has 0 saturated heterocycles. The van der Waals surface area contributed by atoms with Gasteiger partial charge in [0.25, 0.3) is 5.91 Å². The zero-order chi connectivity index (χ0) is 13.8. The summed E-state index contributed by atoms with van der Waals surface area (Å²) in [5.74, 6) is -0.468. The fourth-order valence-electron chi connectivity index (χ4n) is 1.46. The summed E-state index contributed by atoms with van der Waals surface area (Å²) in [7, 11) is 0. The number of phenols is 1. The number of anilines is 1. The predicted molar refractivity (Wildman–Crippen MR) is 67.2 cm³/mol. The molecule has 19 heavy (non-hydrogen) atoms. The minimum Gasteiger partial charge on any atom is -0.508 e. The Balaban J connectivity index is 2.23. The second-order valence-electron chi connectivity index (χ2n) is 3.65. The molecule has 2 rings (SSSR count). The Bertz CT molecular complexity index is 635. The molecular weight excluding hydrogens is 250 g/mol. The van der Waals surface area contributed by atoms with Crippen LogP contribution in [0.3, 0.4) is 0 Å². The number of nitrogens with zero attached hydrogens (tertiary/aromatic N) is 2. The number of nitrogens with one attached hydrogen (secondary N) is 2. The molecule has 0 aliphatic rings. The summed E-state index contributed by atoms with van der Waals surface area (Å²) in [6.07, 6.45) is 1.31. The molecule has 8 nitrogen and oxygen atoms in total. The number of nitrogens with two attached hydrogens (primary N) is 1. The van der Waals surface area contributed by atoms with Crippen LogP contribution in [0.4, 0.5) is 5.82 Å². The summed E-state index contributed by atoms with van der Waals surface area (Å²) in [5, 5.41) is 29.4. The maximum atomic E-state index is 11.9. The molecule has 1 aromatic heterocycles. The van der Waals surface area contributed by atoms with Crippen LogP contribution >= 0.6 is 0 Å². The summed E-state index contributed by atoms with van der Waals surface area (Å²) in [6.45, 7) is 0. The van der Waals surface area contributed by atoms with Crippen molar-refractivity contribution < 1.29 is 15.1 Å². The van der Waals surface area contributed by atoms with Gasteiger partial charge in [-0.1, -0.05) is 11.2 Å². The second-order valence-corrected chi connectivity index (χ2v) is 3.65. The molecule has 1 heterocycles. The zero-order valence-electron chi connectivity index (χ0n) is 9.66. The SMILES string of the molecule is NC(=NO)c1cn[nH]c1NC(=O)c1cccc(O)c1. The first-order valence-electron chi connectivity index (χ1n) is 5.23. The molecule has 0 fully saturated rings. The summed E-state index contributed by atoms with van der Waals surface area (Å²) >= 11 is 0. The molecule has 1 amide bonds. The second kappa shape index (κ2) is 5.08. The Morgan fingerprint density at radius 2 is 2.26 bits per heavy atom. The van der Waals surface area contributed by atoms with E-state index in [1.807, 2.05) is 0 Å². The predicted octanol–water partition coefficient (Wildman–Crippen LogP) is 0.462. The molecule has 0 aliphatic carbocycles. The number of aromatic nitrogens is 2. The van der Waals surface area contributed by atoms with Gasteiger partial charge < -0.3 is 21.4 Å². The van der Waals surface area contributed by atoms with E-state index < -0.39 is 5.91 Å². The van der Waals surface area contributed by atoms with Crippen molar-refractivity contribution in [2.45, 2.75) is 0 Å². The number of carbonyl (C=O) groups is 1. The van der Waals surface area contributed by atoms with Crippen LogP contribution in [0.1, 0.15) is 15.9 Å². The third-order valence-corrected chi connectivity index (χ3v) is 2.37. The third-order valence-electron chi connectivity index (χ3n) is 2.37. The number of amidine groups is 1. The van der Waals surface area contributed by atoms with E-state index in [1.165, 1.54) is 24.4 Å². The number of aromatic hydroxyl groups is 1. The minimum absolute atomic E-state index is 0.0195. The number of rotatable bonds is 3. The molecule has 8 heteroatoms. The van der Waals surface area contributed by atoms with Crippen molar-refractivity contribution in [3.8, 4) is 5.75 Å². The highest BCUT2D eigenvalue weighted by Gasteiger charge is 2.13. The van der Waals surface area contributed by atoms with Crippen molar-refractivity contribution >= 4 is 17.6 Å². The number of carbonyl (C=O) groups excluding carboxylic acids is 1. The van der Waals surface area contributed by atoms with Crippen molar-refractivity contribution in [3.05, 3.63) is 41.6 Å². The van der Waals surface area contributed by atoms with Crippen molar-refractivity contribution in [1.82, 2.24) is 10.2 Å². The van der Waals surface area contributed by atoms with Crippen LogP contribution in [-0.4, -0.2) is 32.3 Å². The van der Waals surface area contributed by atoms with Crippen LogP contribution < -0.4 is 11.1 Å². The molecule has 0 saturated carbocycles. The van der Waals surface area contributed by atoms with Crippen LogP contribution in [-0.2, 0) is 0 Å². The summed E-state index contributed by atoms with van der Waals surface area (Å²) in [6, 6.07) is 5.85. The zero-order valence-corrected chi connectivity index (χ0v) is 9.66. The Morgan fingerprint density at radius 1 is 1.47 bits per heavy atom. The molecular formula is C11H11N5O3. The minimum atomic E-state index is -0.466. The van der Waals surface area contributed by atoms with Gasteiger partial charge in [0.2, 0.25) is 0 Å². The molecule has 0 unspecified atom stereocenters. The maximum Gasteiger partial charge on any atom is 0.256 e. The van der Waals surface area contributed by atoms with E-state index in [0.29, 0.717) is 0 Å². The normalized spacial score (nSPS) is 11.3. The monoisotopic (exact) mass is 261 g/mol. The van der Waals surface area contributed by atoms with E-state index in [2.05, 4.69) is 20.7 Å². The maximum absolute atomic E-state index is 11.9. The highest BCUT2D eigenvalue weighted by molar-refractivity contribution is 6.08. The van der Waals surface area contributed by atoms with Gasteiger partial charge in [0.1, 0.15) is 11.6 Å². The van der Waals surface area contributed by atoms with Crippen LogP contribution in [0.5, 0.6) is 5.75 Å². The largest absolute Gasteiger partial charge is 0.508 e. The number of oxime groups is 1. The quantitative estimate of drug-likeness (QED) is 0.236. The molecule has 0 atom stereocenters. The highest BCUT2D eigenvalue weighted by Crippen LogP contribution is 2.15. The van der Waals surface area contributed by atoms with Crippen molar-refractivity contribution in [3.63, 3.8) is 0 Å². The number of amides is 1. The molecule has 0 aliphatic heterocycles. The van der Waals surface area contributed by atoms with Gasteiger partial charge in [-0.15, -0.1) is 0 Å².